The summed E-state index contributed by atoms with van der Waals surface area (Å²) in [6.07, 6.45) is 0. The number of hydrogen-bond donors (Lipinski definition) is 2. The number of thiazole rings is 1. The summed E-state index contributed by atoms with van der Waals surface area (Å²) in [5.74, 6) is -2.48. The van der Waals surface area contributed by atoms with Gasteiger partial charge >= 0.3 is 11.8 Å². The Labute approximate surface area is 153 Å². The molecule has 3 rings (SSSR count). The Morgan fingerprint density at radius 1 is 1.19 bits per heavy atom. The monoisotopic (exact) mass is 369 g/mol. The molecule has 0 saturated heterocycles. The average molecular weight is 369 g/mol. The molecular weight excluding hydrogens is 353 g/mol. The van der Waals surface area contributed by atoms with Crippen LogP contribution >= 0.6 is 11.3 Å². The average Bonchev–Trinajstić information content (AvgIpc) is 3.10. The van der Waals surface area contributed by atoms with Gasteiger partial charge in [-0.25, -0.2) is 9.37 Å². The molecule has 132 valence electrons. The highest BCUT2D eigenvalue weighted by atomic mass is 32.1. The van der Waals surface area contributed by atoms with Crippen LogP contribution in [-0.2, 0) is 9.59 Å². The number of anilines is 1. The lowest BCUT2D eigenvalue weighted by Gasteiger charge is -2.11. The van der Waals surface area contributed by atoms with Crippen molar-refractivity contribution in [2.45, 2.75) is 12.8 Å². The lowest BCUT2D eigenvalue weighted by molar-refractivity contribution is -0.134. The number of rotatable bonds is 4. The van der Waals surface area contributed by atoms with Crippen LogP contribution < -0.4 is 11.1 Å². The number of primary amides is 1. The number of amides is 2. The topological polar surface area (TPSA) is 85.1 Å². The van der Waals surface area contributed by atoms with Gasteiger partial charge in [0.15, 0.2) is 5.13 Å². The fraction of sp³-hybridized carbons (Fsp3) is 0.105. The Morgan fingerprint density at radius 3 is 2.58 bits per heavy atom. The van der Waals surface area contributed by atoms with E-state index >= 15 is 0 Å². The summed E-state index contributed by atoms with van der Waals surface area (Å²) in [6.45, 7) is 1.89. The SMILES string of the molecule is CC(c1ccc(-c2ccccc2)c(F)c1)c1csc(NC(=O)C(N)=O)n1. The summed E-state index contributed by atoms with van der Waals surface area (Å²) in [6, 6.07) is 14.4. The van der Waals surface area contributed by atoms with E-state index in [9.17, 15) is 14.0 Å². The summed E-state index contributed by atoms with van der Waals surface area (Å²) in [4.78, 5) is 26.4. The van der Waals surface area contributed by atoms with Gasteiger partial charge in [0.25, 0.3) is 0 Å². The van der Waals surface area contributed by atoms with Gasteiger partial charge in [0, 0.05) is 16.9 Å². The molecule has 1 aromatic heterocycles. The third kappa shape index (κ3) is 3.78. The zero-order valence-corrected chi connectivity index (χ0v) is 14.7. The predicted octanol–water partition coefficient (Wildman–Crippen LogP) is 3.52. The molecule has 7 heteroatoms. The highest BCUT2D eigenvalue weighted by molar-refractivity contribution is 7.14. The van der Waals surface area contributed by atoms with Crippen molar-refractivity contribution in [3.8, 4) is 11.1 Å². The van der Waals surface area contributed by atoms with Crippen LogP contribution in [0.4, 0.5) is 9.52 Å². The molecule has 0 fully saturated rings. The summed E-state index contributed by atoms with van der Waals surface area (Å²) in [5, 5.41) is 4.36. The van der Waals surface area contributed by atoms with Crippen LogP contribution in [0, 0.1) is 5.82 Å². The minimum absolute atomic E-state index is 0.176. The Kier molecular flexibility index (Phi) is 5.09. The van der Waals surface area contributed by atoms with Gasteiger partial charge in [-0.15, -0.1) is 11.3 Å². The van der Waals surface area contributed by atoms with Crippen molar-refractivity contribution in [2.24, 2.45) is 5.73 Å². The Bertz CT molecular complexity index is 956. The van der Waals surface area contributed by atoms with Crippen molar-refractivity contribution in [1.82, 2.24) is 4.98 Å². The maximum Gasteiger partial charge on any atom is 0.315 e. The third-order valence-electron chi connectivity index (χ3n) is 3.99. The second-order valence-electron chi connectivity index (χ2n) is 5.72. The number of carbonyl (C=O) groups excluding carboxylic acids is 2. The lowest BCUT2D eigenvalue weighted by atomic mass is 9.95. The fourth-order valence-electron chi connectivity index (χ4n) is 2.52. The van der Waals surface area contributed by atoms with Gasteiger partial charge < -0.3 is 5.73 Å². The molecule has 0 aliphatic carbocycles. The van der Waals surface area contributed by atoms with Crippen molar-refractivity contribution in [1.29, 1.82) is 0 Å². The minimum atomic E-state index is -1.08. The Hall–Kier alpha value is -3.06. The Morgan fingerprint density at radius 2 is 1.92 bits per heavy atom. The molecule has 2 aromatic carbocycles. The van der Waals surface area contributed by atoms with Crippen LogP contribution in [0.2, 0.25) is 0 Å². The van der Waals surface area contributed by atoms with E-state index in [1.165, 1.54) is 17.4 Å². The first-order valence-corrected chi connectivity index (χ1v) is 8.74. The van der Waals surface area contributed by atoms with E-state index in [0.29, 0.717) is 11.3 Å². The van der Waals surface area contributed by atoms with Gasteiger partial charge in [0.1, 0.15) is 5.82 Å². The lowest BCUT2D eigenvalue weighted by Crippen LogP contribution is -2.29. The van der Waals surface area contributed by atoms with Crippen molar-refractivity contribution in [3.63, 3.8) is 0 Å². The number of halogens is 1. The molecule has 1 unspecified atom stereocenters. The smallest absolute Gasteiger partial charge is 0.315 e. The van der Waals surface area contributed by atoms with Crippen LogP contribution in [0.1, 0.15) is 24.1 Å². The minimum Gasteiger partial charge on any atom is -0.361 e. The largest absolute Gasteiger partial charge is 0.361 e. The first-order chi connectivity index (χ1) is 12.5. The molecule has 1 heterocycles. The fourth-order valence-corrected chi connectivity index (χ4v) is 3.32. The molecule has 3 aromatic rings. The van der Waals surface area contributed by atoms with E-state index in [0.717, 1.165) is 11.1 Å². The predicted molar refractivity (Wildman–Crippen MR) is 99.3 cm³/mol. The van der Waals surface area contributed by atoms with Crippen LogP contribution in [0.15, 0.2) is 53.9 Å². The third-order valence-corrected chi connectivity index (χ3v) is 4.76. The highest BCUT2D eigenvalue weighted by Gasteiger charge is 2.17. The van der Waals surface area contributed by atoms with Gasteiger partial charge in [-0.3, -0.25) is 14.9 Å². The van der Waals surface area contributed by atoms with E-state index in [2.05, 4.69) is 10.3 Å². The zero-order valence-electron chi connectivity index (χ0n) is 13.9. The van der Waals surface area contributed by atoms with E-state index < -0.39 is 11.8 Å². The molecule has 0 saturated carbocycles. The highest BCUT2D eigenvalue weighted by Crippen LogP contribution is 2.31. The van der Waals surface area contributed by atoms with Gasteiger partial charge in [0.2, 0.25) is 0 Å². The van der Waals surface area contributed by atoms with E-state index in [1.807, 2.05) is 43.3 Å². The Balaban J connectivity index is 1.81. The number of benzene rings is 2. The zero-order chi connectivity index (χ0) is 18.7. The van der Waals surface area contributed by atoms with Crippen LogP contribution in [0.25, 0.3) is 11.1 Å². The number of nitrogens with two attached hydrogens (primary N) is 1. The number of hydrogen-bond acceptors (Lipinski definition) is 4. The van der Waals surface area contributed by atoms with Crippen molar-refractivity contribution in [3.05, 3.63) is 71.0 Å². The number of aromatic nitrogens is 1. The molecule has 3 N–H and O–H groups in total. The molecule has 5 nitrogen and oxygen atoms in total. The standard InChI is InChI=1S/C19H16FN3O2S/c1-11(16-10-26-19(22-16)23-18(25)17(21)24)13-7-8-14(15(20)9-13)12-5-3-2-4-6-12/h2-11H,1H3,(H2,21,24)(H,22,23,25). The van der Waals surface area contributed by atoms with Gasteiger partial charge in [-0.2, -0.15) is 0 Å². The molecule has 2 amide bonds. The van der Waals surface area contributed by atoms with E-state index in [-0.39, 0.29) is 16.9 Å². The van der Waals surface area contributed by atoms with Gasteiger partial charge in [0.05, 0.1) is 5.69 Å². The maximum atomic E-state index is 14.6. The molecule has 0 spiro atoms. The van der Waals surface area contributed by atoms with Crippen molar-refractivity contribution in [2.75, 3.05) is 5.32 Å². The van der Waals surface area contributed by atoms with E-state index in [1.54, 1.807) is 11.4 Å². The molecule has 0 radical (unpaired) electrons. The van der Waals surface area contributed by atoms with Crippen LogP contribution in [-0.4, -0.2) is 16.8 Å². The molecule has 1 atom stereocenters. The summed E-state index contributed by atoms with van der Waals surface area (Å²) in [5.41, 5.74) is 7.69. The van der Waals surface area contributed by atoms with Crippen LogP contribution in [0.5, 0.6) is 0 Å². The number of carbonyl (C=O) groups is 2. The summed E-state index contributed by atoms with van der Waals surface area (Å²) in [7, 11) is 0. The quantitative estimate of drug-likeness (QED) is 0.690. The molecule has 0 aliphatic heterocycles. The molecule has 0 aliphatic rings. The number of nitrogens with zero attached hydrogens (tertiary/aromatic N) is 1. The summed E-state index contributed by atoms with van der Waals surface area (Å²) < 4.78 is 14.6. The van der Waals surface area contributed by atoms with Crippen molar-refractivity contribution >= 4 is 28.3 Å². The van der Waals surface area contributed by atoms with Gasteiger partial charge in [-0.05, 0) is 17.2 Å². The normalized spacial score (nSPS) is 11.8. The first-order valence-electron chi connectivity index (χ1n) is 7.87. The molecule has 0 bridgehead atoms. The molecule has 26 heavy (non-hydrogen) atoms. The molecular formula is C19H16FN3O2S. The second kappa shape index (κ2) is 7.45. The van der Waals surface area contributed by atoms with Crippen molar-refractivity contribution < 1.29 is 14.0 Å². The number of nitrogens with one attached hydrogen (secondary N) is 1. The maximum absolute atomic E-state index is 14.6. The second-order valence-corrected chi connectivity index (χ2v) is 6.58. The van der Waals surface area contributed by atoms with Gasteiger partial charge in [-0.1, -0.05) is 49.4 Å². The first kappa shape index (κ1) is 17.8. The van der Waals surface area contributed by atoms with E-state index in [4.69, 9.17) is 5.73 Å². The van der Waals surface area contributed by atoms with Crippen LogP contribution in [0.3, 0.4) is 0 Å². The summed E-state index contributed by atoms with van der Waals surface area (Å²) >= 11 is 1.18.